The summed E-state index contributed by atoms with van der Waals surface area (Å²) < 4.78 is 10.5. The predicted molar refractivity (Wildman–Crippen MR) is 182 cm³/mol. The number of allylic oxidation sites excluding steroid dienone is 8. The SMILES string of the molecule is CCC=CCC=CCC=CCC=CCCCCCCC(=O)OCC(CO)OC(=O)CCCCCCCCCCCCCC. The van der Waals surface area contributed by atoms with Gasteiger partial charge < -0.3 is 14.6 Å². The van der Waals surface area contributed by atoms with Crippen LogP contribution < -0.4 is 0 Å². The fourth-order valence-corrected chi connectivity index (χ4v) is 4.72. The minimum Gasteiger partial charge on any atom is -0.462 e. The number of ether oxygens (including phenoxy) is 2. The summed E-state index contributed by atoms with van der Waals surface area (Å²) in [5.41, 5.74) is 0. The Hall–Kier alpha value is -2.14. The number of esters is 2. The lowest BCUT2D eigenvalue weighted by molar-refractivity contribution is -0.161. The van der Waals surface area contributed by atoms with Gasteiger partial charge in [0.2, 0.25) is 0 Å². The molecule has 0 saturated heterocycles. The van der Waals surface area contributed by atoms with E-state index >= 15 is 0 Å². The van der Waals surface area contributed by atoms with Gasteiger partial charge in [0.1, 0.15) is 6.61 Å². The largest absolute Gasteiger partial charge is 0.462 e. The van der Waals surface area contributed by atoms with Gasteiger partial charge in [0.25, 0.3) is 0 Å². The summed E-state index contributed by atoms with van der Waals surface area (Å²) in [5.74, 6) is -0.621. The average Bonchev–Trinajstić information content (AvgIpc) is 3.01. The zero-order valence-electron chi connectivity index (χ0n) is 28.0. The number of carbonyl (C=O) groups is 2. The van der Waals surface area contributed by atoms with Crippen LogP contribution in [-0.2, 0) is 19.1 Å². The highest BCUT2D eigenvalue weighted by Crippen LogP contribution is 2.13. The molecule has 1 N–H and O–H groups in total. The molecular formula is C38H66O5. The number of carbonyl (C=O) groups excluding carboxylic acids is 2. The van der Waals surface area contributed by atoms with Crippen LogP contribution in [0.1, 0.15) is 162 Å². The second-order valence-electron chi connectivity index (χ2n) is 11.6. The molecule has 5 nitrogen and oxygen atoms in total. The Morgan fingerprint density at radius 2 is 1.00 bits per heavy atom. The molecule has 1 atom stereocenters. The molecule has 0 aromatic rings. The smallest absolute Gasteiger partial charge is 0.306 e. The van der Waals surface area contributed by atoms with Crippen molar-refractivity contribution in [2.24, 2.45) is 0 Å². The average molecular weight is 603 g/mol. The summed E-state index contributed by atoms with van der Waals surface area (Å²) in [6.45, 7) is 3.98. The molecule has 0 aromatic heterocycles. The Morgan fingerprint density at radius 1 is 0.558 bits per heavy atom. The van der Waals surface area contributed by atoms with Gasteiger partial charge in [0.15, 0.2) is 6.10 Å². The third-order valence-corrected chi connectivity index (χ3v) is 7.39. The van der Waals surface area contributed by atoms with Crippen molar-refractivity contribution in [1.82, 2.24) is 0 Å². The minimum absolute atomic E-state index is 0.0780. The van der Waals surface area contributed by atoms with Gasteiger partial charge in [-0.2, -0.15) is 0 Å². The Labute approximate surface area is 265 Å². The Bertz CT molecular complexity index is 737. The van der Waals surface area contributed by atoms with Crippen LogP contribution >= 0.6 is 0 Å². The van der Waals surface area contributed by atoms with E-state index < -0.39 is 6.10 Å². The van der Waals surface area contributed by atoms with E-state index in [4.69, 9.17) is 9.47 Å². The number of aliphatic hydroxyl groups excluding tert-OH is 1. The van der Waals surface area contributed by atoms with Gasteiger partial charge in [-0.3, -0.25) is 9.59 Å². The van der Waals surface area contributed by atoms with Crippen LogP contribution in [0.4, 0.5) is 0 Å². The first kappa shape index (κ1) is 40.9. The normalized spacial score (nSPS) is 12.7. The lowest BCUT2D eigenvalue weighted by Gasteiger charge is -2.15. The zero-order chi connectivity index (χ0) is 31.5. The van der Waals surface area contributed by atoms with Crippen LogP contribution in [0.2, 0.25) is 0 Å². The van der Waals surface area contributed by atoms with Crippen LogP contribution in [0.3, 0.4) is 0 Å². The molecule has 43 heavy (non-hydrogen) atoms. The Balaban J connectivity index is 3.63. The van der Waals surface area contributed by atoms with Gasteiger partial charge in [-0.05, 0) is 51.4 Å². The molecule has 248 valence electrons. The van der Waals surface area contributed by atoms with E-state index in [9.17, 15) is 14.7 Å². The highest BCUT2D eigenvalue weighted by Gasteiger charge is 2.16. The van der Waals surface area contributed by atoms with Crippen molar-refractivity contribution < 1.29 is 24.2 Å². The van der Waals surface area contributed by atoms with E-state index in [0.29, 0.717) is 12.8 Å². The minimum atomic E-state index is -0.778. The Morgan fingerprint density at radius 3 is 1.51 bits per heavy atom. The van der Waals surface area contributed by atoms with E-state index in [2.05, 4.69) is 62.5 Å². The van der Waals surface area contributed by atoms with E-state index in [0.717, 1.165) is 77.0 Å². The van der Waals surface area contributed by atoms with Gasteiger partial charge in [-0.1, -0.05) is 146 Å². The standard InChI is InChI=1S/C38H66O5/c1-3-5-7-9-11-13-15-17-18-19-20-21-23-24-26-28-30-32-37(40)42-35-36(34-39)43-38(41)33-31-29-27-25-22-16-14-12-10-8-6-4-2/h5,7,11,13,17-18,20-21,36,39H,3-4,6,8-10,12,14-16,19,22-35H2,1-2H3. The molecule has 0 saturated carbocycles. The van der Waals surface area contributed by atoms with Crippen molar-refractivity contribution in [3.63, 3.8) is 0 Å². The van der Waals surface area contributed by atoms with Gasteiger partial charge in [-0.15, -0.1) is 0 Å². The summed E-state index contributed by atoms with van der Waals surface area (Å²) in [6.07, 6.45) is 41.6. The molecule has 0 spiro atoms. The van der Waals surface area contributed by atoms with Crippen molar-refractivity contribution in [2.75, 3.05) is 13.2 Å². The third-order valence-electron chi connectivity index (χ3n) is 7.39. The molecule has 0 aromatic carbocycles. The molecule has 0 aliphatic carbocycles. The number of rotatable bonds is 31. The monoisotopic (exact) mass is 602 g/mol. The van der Waals surface area contributed by atoms with Crippen molar-refractivity contribution in [3.8, 4) is 0 Å². The first-order valence-electron chi connectivity index (χ1n) is 17.7. The quantitative estimate of drug-likeness (QED) is 0.0485. The highest BCUT2D eigenvalue weighted by atomic mass is 16.6. The summed E-state index contributed by atoms with van der Waals surface area (Å²) in [5, 5.41) is 9.51. The summed E-state index contributed by atoms with van der Waals surface area (Å²) in [4.78, 5) is 24.1. The number of unbranched alkanes of at least 4 members (excludes halogenated alkanes) is 15. The summed E-state index contributed by atoms with van der Waals surface area (Å²) in [7, 11) is 0. The highest BCUT2D eigenvalue weighted by molar-refractivity contribution is 5.70. The maximum absolute atomic E-state index is 12.1. The van der Waals surface area contributed by atoms with Crippen LogP contribution in [0.25, 0.3) is 0 Å². The fraction of sp³-hybridized carbons (Fsp3) is 0.737. The molecule has 0 aliphatic rings. The van der Waals surface area contributed by atoms with E-state index in [1.807, 2.05) is 0 Å². The molecule has 0 amide bonds. The fourth-order valence-electron chi connectivity index (χ4n) is 4.72. The first-order valence-corrected chi connectivity index (χ1v) is 17.7. The molecule has 0 aliphatic heterocycles. The zero-order valence-corrected chi connectivity index (χ0v) is 28.0. The molecule has 0 rings (SSSR count). The van der Waals surface area contributed by atoms with Crippen molar-refractivity contribution in [3.05, 3.63) is 48.6 Å². The second-order valence-corrected chi connectivity index (χ2v) is 11.6. The van der Waals surface area contributed by atoms with E-state index in [1.165, 1.54) is 57.8 Å². The molecule has 0 bridgehead atoms. The number of hydrogen-bond donors (Lipinski definition) is 1. The summed E-state index contributed by atoms with van der Waals surface area (Å²) >= 11 is 0. The third kappa shape index (κ3) is 32.6. The maximum Gasteiger partial charge on any atom is 0.306 e. The molecular weight excluding hydrogens is 536 g/mol. The van der Waals surface area contributed by atoms with Crippen LogP contribution in [0.15, 0.2) is 48.6 Å². The molecule has 0 fully saturated rings. The van der Waals surface area contributed by atoms with E-state index in [-0.39, 0.29) is 25.2 Å². The lowest BCUT2D eigenvalue weighted by atomic mass is 10.0. The van der Waals surface area contributed by atoms with Crippen molar-refractivity contribution >= 4 is 11.9 Å². The first-order chi connectivity index (χ1) is 21.1. The van der Waals surface area contributed by atoms with Gasteiger partial charge in [0, 0.05) is 12.8 Å². The van der Waals surface area contributed by atoms with Gasteiger partial charge >= 0.3 is 11.9 Å². The van der Waals surface area contributed by atoms with Gasteiger partial charge in [-0.25, -0.2) is 0 Å². The van der Waals surface area contributed by atoms with Gasteiger partial charge in [0.05, 0.1) is 6.61 Å². The predicted octanol–water partition coefficient (Wildman–Crippen LogP) is 10.7. The van der Waals surface area contributed by atoms with Crippen LogP contribution in [0.5, 0.6) is 0 Å². The van der Waals surface area contributed by atoms with E-state index in [1.54, 1.807) is 0 Å². The van der Waals surface area contributed by atoms with Crippen molar-refractivity contribution in [1.29, 1.82) is 0 Å². The lowest BCUT2D eigenvalue weighted by Crippen LogP contribution is -2.28. The number of hydrogen-bond acceptors (Lipinski definition) is 5. The Kier molecular flexibility index (Phi) is 32.6. The molecule has 1 unspecified atom stereocenters. The van der Waals surface area contributed by atoms with Crippen molar-refractivity contribution in [2.45, 2.75) is 168 Å². The number of aliphatic hydroxyl groups is 1. The summed E-state index contributed by atoms with van der Waals surface area (Å²) in [6, 6.07) is 0. The van der Waals surface area contributed by atoms with Crippen LogP contribution in [-0.4, -0.2) is 36.4 Å². The van der Waals surface area contributed by atoms with Crippen LogP contribution in [0, 0.1) is 0 Å². The topological polar surface area (TPSA) is 72.8 Å². The molecule has 0 heterocycles. The molecule has 5 heteroatoms. The molecule has 0 radical (unpaired) electrons. The second kappa shape index (κ2) is 34.4. The maximum atomic E-state index is 12.1.